The number of fused-ring (bicyclic) bond motifs is 1. The van der Waals surface area contributed by atoms with Gasteiger partial charge in [0.05, 0.1) is 0 Å². The van der Waals surface area contributed by atoms with Crippen molar-refractivity contribution in [1.29, 1.82) is 0 Å². The highest BCUT2D eigenvalue weighted by Gasteiger charge is 2.06. The van der Waals surface area contributed by atoms with Crippen LogP contribution in [0, 0.1) is 6.92 Å². The molecule has 3 aromatic rings. The van der Waals surface area contributed by atoms with E-state index in [9.17, 15) is 0 Å². The van der Waals surface area contributed by atoms with Crippen LogP contribution in [0.2, 0.25) is 0 Å². The van der Waals surface area contributed by atoms with Gasteiger partial charge in [0.15, 0.2) is 5.82 Å². The summed E-state index contributed by atoms with van der Waals surface area (Å²) in [6, 6.07) is 10.2. The van der Waals surface area contributed by atoms with Gasteiger partial charge in [-0.25, -0.2) is 4.98 Å². The largest absolute Gasteiger partial charge is 0.363 e. The number of nitrogens with one attached hydrogen (secondary N) is 1. The van der Waals surface area contributed by atoms with E-state index >= 15 is 0 Å². The fourth-order valence-electron chi connectivity index (χ4n) is 1.85. The van der Waals surface area contributed by atoms with Gasteiger partial charge in [0.25, 0.3) is 0 Å². The molecule has 90 valence electrons. The first-order valence-corrected chi connectivity index (χ1v) is 5.79. The second-order valence-corrected chi connectivity index (χ2v) is 4.06. The number of hydrogen-bond donors (Lipinski definition) is 1. The van der Waals surface area contributed by atoms with Crippen molar-refractivity contribution < 1.29 is 0 Å². The quantitative estimate of drug-likeness (QED) is 0.760. The summed E-state index contributed by atoms with van der Waals surface area (Å²) in [7, 11) is 0. The predicted octanol–water partition coefficient (Wildman–Crippen LogP) is 2.04. The maximum atomic E-state index is 4.30. The summed E-state index contributed by atoms with van der Waals surface area (Å²) < 4.78 is 1.92. The van der Waals surface area contributed by atoms with E-state index in [0.717, 1.165) is 23.8 Å². The van der Waals surface area contributed by atoms with Crippen LogP contribution in [0.3, 0.4) is 0 Å². The Balaban J connectivity index is 1.87. The molecule has 2 heterocycles. The smallest absolute Gasteiger partial charge is 0.203 e. The minimum atomic E-state index is 0.722. The third-order valence-electron chi connectivity index (χ3n) is 2.80. The second-order valence-electron chi connectivity index (χ2n) is 4.06. The molecule has 0 fully saturated rings. The summed E-state index contributed by atoms with van der Waals surface area (Å²) in [4.78, 5) is 4.30. The maximum Gasteiger partial charge on any atom is 0.203 e. The molecule has 5 heteroatoms. The second kappa shape index (κ2) is 4.44. The Morgan fingerprint density at radius 2 is 2.00 bits per heavy atom. The number of aryl methyl sites for hydroxylation is 1. The first-order chi connectivity index (χ1) is 8.84. The summed E-state index contributed by atoms with van der Waals surface area (Å²) in [5, 5.41) is 11.4. The third-order valence-corrected chi connectivity index (χ3v) is 2.80. The predicted molar refractivity (Wildman–Crippen MR) is 69.3 cm³/mol. The molecule has 0 atom stereocenters. The van der Waals surface area contributed by atoms with Crippen LogP contribution >= 0.6 is 0 Å². The van der Waals surface area contributed by atoms with Crippen molar-refractivity contribution in [3.05, 3.63) is 54.1 Å². The molecule has 5 nitrogen and oxygen atoms in total. The van der Waals surface area contributed by atoms with Crippen LogP contribution in [0.15, 0.2) is 42.7 Å². The zero-order chi connectivity index (χ0) is 12.4. The molecule has 0 radical (unpaired) electrons. The minimum Gasteiger partial charge on any atom is -0.363 e. The van der Waals surface area contributed by atoms with Crippen molar-refractivity contribution in [3.63, 3.8) is 0 Å². The normalized spacial score (nSPS) is 10.7. The van der Waals surface area contributed by atoms with E-state index in [1.54, 1.807) is 6.20 Å². The summed E-state index contributed by atoms with van der Waals surface area (Å²) in [6.07, 6.45) is 3.61. The average molecular weight is 239 g/mol. The topological polar surface area (TPSA) is 55.1 Å². The fourth-order valence-corrected chi connectivity index (χ4v) is 1.85. The van der Waals surface area contributed by atoms with Gasteiger partial charge in [-0.2, -0.15) is 0 Å². The van der Waals surface area contributed by atoms with Crippen LogP contribution in [0.1, 0.15) is 11.4 Å². The molecule has 0 aliphatic carbocycles. The van der Waals surface area contributed by atoms with Crippen LogP contribution in [0.4, 0.5) is 5.82 Å². The van der Waals surface area contributed by atoms with Crippen molar-refractivity contribution in [2.24, 2.45) is 0 Å². The standard InChI is InChI=1S/C13H13N5/c1-10-16-17-13-12(14-7-8-18(10)13)15-9-11-5-3-2-4-6-11/h2-8H,9H2,1H3,(H,14,15). The van der Waals surface area contributed by atoms with E-state index in [1.165, 1.54) is 5.56 Å². The summed E-state index contributed by atoms with van der Waals surface area (Å²) in [6.45, 7) is 2.64. The molecule has 0 saturated heterocycles. The zero-order valence-electron chi connectivity index (χ0n) is 10.0. The SMILES string of the molecule is Cc1nnc2c(NCc3ccccc3)nccn12. The first kappa shape index (κ1) is 10.7. The number of aromatic nitrogens is 4. The Bertz CT molecular complexity index is 659. The molecular weight excluding hydrogens is 226 g/mol. The van der Waals surface area contributed by atoms with E-state index in [-0.39, 0.29) is 0 Å². The van der Waals surface area contributed by atoms with Crippen molar-refractivity contribution in [2.45, 2.75) is 13.5 Å². The highest BCUT2D eigenvalue weighted by Crippen LogP contribution is 2.13. The third kappa shape index (κ3) is 1.90. The molecule has 1 aromatic carbocycles. The Labute approximate surface area is 105 Å². The Morgan fingerprint density at radius 3 is 2.83 bits per heavy atom. The van der Waals surface area contributed by atoms with Crippen molar-refractivity contribution in [1.82, 2.24) is 19.6 Å². The van der Waals surface area contributed by atoms with E-state index < -0.39 is 0 Å². The number of nitrogens with zero attached hydrogens (tertiary/aromatic N) is 4. The van der Waals surface area contributed by atoms with Gasteiger partial charge < -0.3 is 5.32 Å². The molecule has 0 saturated carbocycles. The van der Waals surface area contributed by atoms with Crippen LogP contribution < -0.4 is 5.32 Å². The van der Waals surface area contributed by atoms with Crippen molar-refractivity contribution in [3.8, 4) is 0 Å². The molecule has 3 rings (SSSR count). The highest BCUT2D eigenvalue weighted by molar-refractivity contribution is 5.62. The maximum absolute atomic E-state index is 4.30. The van der Waals surface area contributed by atoms with Gasteiger partial charge >= 0.3 is 0 Å². The molecule has 0 spiro atoms. The molecule has 2 aromatic heterocycles. The van der Waals surface area contributed by atoms with Gasteiger partial charge in [-0.3, -0.25) is 4.40 Å². The molecule has 0 amide bonds. The molecular formula is C13H13N5. The van der Waals surface area contributed by atoms with Crippen LogP contribution in [-0.4, -0.2) is 19.6 Å². The van der Waals surface area contributed by atoms with E-state index in [2.05, 4.69) is 32.6 Å². The minimum absolute atomic E-state index is 0.722. The van der Waals surface area contributed by atoms with Crippen molar-refractivity contribution >= 4 is 11.5 Å². The number of anilines is 1. The molecule has 0 unspecified atom stereocenters. The lowest BCUT2D eigenvalue weighted by Gasteiger charge is -2.06. The van der Waals surface area contributed by atoms with Gasteiger partial charge in [-0.05, 0) is 12.5 Å². The zero-order valence-corrected chi connectivity index (χ0v) is 10.0. The first-order valence-electron chi connectivity index (χ1n) is 5.79. The van der Waals surface area contributed by atoms with Gasteiger partial charge in [0, 0.05) is 18.9 Å². The van der Waals surface area contributed by atoms with Crippen LogP contribution in [-0.2, 0) is 6.54 Å². The van der Waals surface area contributed by atoms with Gasteiger partial charge in [-0.15, -0.1) is 10.2 Å². The van der Waals surface area contributed by atoms with E-state index in [4.69, 9.17) is 0 Å². The molecule has 0 aliphatic heterocycles. The lowest BCUT2D eigenvalue weighted by molar-refractivity contribution is 1.000. The lowest BCUT2D eigenvalue weighted by atomic mass is 10.2. The highest BCUT2D eigenvalue weighted by atomic mass is 15.3. The lowest BCUT2D eigenvalue weighted by Crippen LogP contribution is -2.03. The number of hydrogen-bond acceptors (Lipinski definition) is 4. The van der Waals surface area contributed by atoms with E-state index in [1.807, 2.05) is 35.7 Å². The Kier molecular flexibility index (Phi) is 2.64. The molecule has 0 aliphatic rings. The molecule has 1 N–H and O–H groups in total. The van der Waals surface area contributed by atoms with Crippen LogP contribution in [0.5, 0.6) is 0 Å². The fraction of sp³-hybridized carbons (Fsp3) is 0.154. The van der Waals surface area contributed by atoms with Gasteiger partial charge in [0.2, 0.25) is 5.65 Å². The van der Waals surface area contributed by atoms with Gasteiger partial charge in [0.1, 0.15) is 5.82 Å². The summed E-state index contributed by atoms with van der Waals surface area (Å²) in [5.74, 6) is 1.61. The number of benzene rings is 1. The number of rotatable bonds is 3. The Hall–Kier alpha value is -2.43. The van der Waals surface area contributed by atoms with Crippen LogP contribution in [0.25, 0.3) is 5.65 Å². The monoisotopic (exact) mass is 239 g/mol. The van der Waals surface area contributed by atoms with Crippen molar-refractivity contribution in [2.75, 3.05) is 5.32 Å². The molecule has 0 bridgehead atoms. The Morgan fingerprint density at radius 1 is 1.17 bits per heavy atom. The summed E-state index contributed by atoms with van der Waals surface area (Å²) in [5.41, 5.74) is 1.96. The summed E-state index contributed by atoms with van der Waals surface area (Å²) >= 11 is 0. The molecule has 18 heavy (non-hydrogen) atoms. The average Bonchev–Trinajstić information content (AvgIpc) is 2.80. The van der Waals surface area contributed by atoms with Gasteiger partial charge in [-0.1, -0.05) is 30.3 Å². The van der Waals surface area contributed by atoms with E-state index in [0.29, 0.717) is 0 Å².